The number of esters is 1. The van der Waals surface area contributed by atoms with E-state index in [1.807, 2.05) is 0 Å². The van der Waals surface area contributed by atoms with Crippen LogP contribution in [0.1, 0.15) is 39.0 Å². The van der Waals surface area contributed by atoms with E-state index in [9.17, 15) is 9.59 Å². The Hall–Kier alpha value is -1.43. The number of Topliss-reactive ketones (excluding diaryl/α,β-unsaturated/α-hetero) is 1. The average Bonchev–Trinajstić information content (AvgIpc) is 2.84. The summed E-state index contributed by atoms with van der Waals surface area (Å²) >= 11 is 13.5. The fourth-order valence-corrected chi connectivity index (χ4v) is 3.89. The predicted octanol–water partition coefficient (Wildman–Crippen LogP) is 5.09. The number of aromatic amines is 1. The van der Waals surface area contributed by atoms with Gasteiger partial charge in [-0.05, 0) is 44.5 Å². The van der Waals surface area contributed by atoms with E-state index in [1.165, 1.54) is 18.9 Å². The number of aryl methyl sites for hydroxylation is 1. The highest BCUT2D eigenvalue weighted by atomic mass is 35.5. The van der Waals surface area contributed by atoms with Gasteiger partial charge in [-0.3, -0.25) is 4.79 Å². The third-order valence-corrected chi connectivity index (χ3v) is 5.48. The molecule has 1 aromatic carbocycles. The van der Waals surface area contributed by atoms with Crippen LogP contribution in [0.15, 0.2) is 23.1 Å². The van der Waals surface area contributed by atoms with Crippen molar-refractivity contribution < 1.29 is 14.3 Å². The zero-order chi connectivity index (χ0) is 18.0. The number of nitrogens with one attached hydrogen (secondary N) is 1. The number of carbonyl (C=O) groups excluding carboxylic acids is 2. The molecule has 4 nitrogen and oxygen atoms in total. The maximum Gasteiger partial charge on any atom is 0.339 e. The highest BCUT2D eigenvalue weighted by molar-refractivity contribution is 8.00. The van der Waals surface area contributed by atoms with Gasteiger partial charge in [0, 0.05) is 15.6 Å². The van der Waals surface area contributed by atoms with E-state index in [0.29, 0.717) is 32.6 Å². The molecule has 0 aliphatic carbocycles. The smallest absolute Gasteiger partial charge is 0.339 e. The summed E-state index contributed by atoms with van der Waals surface area (Å²) in [6, 6.07) is 5.12. The molecular weight excluding hydrogens is 369 g/mol. The summed E-state index contributed by atoms with van der Waals surface area (Å²) in [5.41, 5.74) is 2.01. The van der Waals surface area contributed by atoms with Crippen molar-refractivity contribution in [2.75, 3.05) is 7.11 Å². The van der Waals surface area contributed by atoms with Crippen molar-refractivity contribution >= 4 is 46.7 Å². The first kappa shape index (κ1) is 18.9. The van der Waals surface area contributed by atoms with Gasteiger partial charge in [0.05, 0.1) is 28.6 Å². The van der Waals surface area contributed by atoms with E-state index < -0.39 is 11.2 Å². The number of aromatic nitrogens is 1. The van der Waals surface area contributed by atoms with Gasteiger partial charge in [-0.1, -0.05) is 23.2 Å². The van der Waals surface area contributed by atoms with E-state index >= 15 is 0 Å². The largest absolute Gasteiger partial charge is 0.465 e. The van der Waals surface area contributed by atoms with E-state index in [-0.39, 0.29) is 5.78 Å². The molecule has 1 atom stereocenters. The zero-order valence-electron chi connectivity index (χ0n) is 13.7. The van der Waals surface area contributed by atoms with E-state index in [0.717, 1.165) is 4.90 Å². The minimum atomic E-state index is -0.460. The summed E-state index contributed by atoms with van der Waals surface area (Å²) in [6.07, 6.45) is 0. The molecule has 0 saturated heterocycles. The number of ether oxygens (including phenoxy) is 1. The molecule has 1 aromatic heterocycles. The highest BCUT2D eigenvalue weighted by Gasteiger charge is 2.26. The normalized spacial score (nSPS) is 12.1. The lowest BCUT2D eigenvalue weighted by Crippen LogP contribution is -2.15. The van der Waals surface area contributed by atoms with Gasteiger partial charge in [-0.25, -0.2) is 4.79 Å². The maximum atomic E-state index is 12.8. The zero-order valence-corrected chi connectivity index (χ0v) is 16.0. The van der Waals surface area contributed by atoms with Crippen LogP contribution in [0.4, 0.5) is 0 Å². The fraction of sp³-hybridized carbons (Fsp3) is 0.294. The molecule has 0 amide bonds. The van der Waals surface area contributed by atoms with Gasteiger partial charge in [-0.2, -0.15) is 0 Å². The Bertz CT molecular complexity index is 801. The highest BCUT2D eigenvalue weighted by Crippen LogP contribution is 2.34. The van der Waals surface area contributed by atoms with Crippen LogP contribution in [0.2, 0.25) is 10.0 Å². The first-order valence-electron chi connectivity index (χ1n) is 7.19. The van der Waals surface area contributed by atoms with Gasteiger partial charge in [0.25, 0.3) is 0 Å². The topological polar surface area (TPSA) is 59.2 Å². The summed E-state index contributed by atoms with van der Waals surface area (Å²) < 4.78 is 4.77. The second-order valence-corrected chi connectivity index (χ2v) is 7.54. The Balaban J connectivity index is 2.28. The Kier molecular flexibility index (Phi) is 6.01. The van der Waals surface area contributed by atoms with Crippen molar-refractivity contribution in [2.45, 2.75) is 30.9 Å². The molecule has 1 heterocycles. The van der Waals surface area contributed by atoms with Crippen molar-refractivity contribution in [2.24, 2.45) is 0 Å². The fourth-order valence-electron chi connectivity index (χ4n) is 2.42. The monoisotopic (exact) mass is 385 g/mol. The van der Waals surface area contributed by atoms with Gasteiger partial charge >= 0.3 is 5.97 Å². The minimum absolute atomic E-state index is 0.119. The number of hydrogen-bond acceptors (Lipinski definition) is 4. The molecule has 24 heavy (non-hydrogen) atoms. The van der Waals surface area contributed by atoms with Crippen molar-refractivity contribution in [3.05, 3.63) is 50.8 Å². The molecule has 0 radical (unpaired) electrons. The summed E-state index contributed by atoms with van der Waals surface area (Å²) in [5, 5.41) is 0.698. The number of carbonyl (C=O) groups is 2. The number of H-pyrrole nitrogens is 1. The van der Waals surface area contributed by atoms with Gasteiger partial charge in [0.2, 0.25) is 0 Å². The molecule has 128 valence electrons. The van der Waals surface area contributed by atoms with Crippen molar-refractivity contribution in [3.8, 4) is 0 Å². The average molecular weight is 386 g/mol. The van der Waals surface area contributed by atoms with Crippen LogP contribution in [0, 0.1) is 13.8 Å². The molecule has 0 fully saturated rings. The van der Waals surface area contributed by atoms with E-state index in [1.54, 1.807) is 39.0 Å². The Morgan fingerprint density at radius 1 is 1.25 bits per heavy atom. The number of benzene rings is 1. The SMILES string of the molecule is COC(=O)c1c(C)[nH]c(C(=O)[C@H](C)Sc2cc(Cl)ccc2Cl)c1C. The number of rotatable bonds is 5. The molecule has 2 rings (SSSR count). The molecule has 7 heteroatoms. The summed E-state index contributed by atoms with van der Waals surface area (Å²) in [4.78, 5) is 28.3. The Labute approximate surface area is 154 Å². The number of thioether (sulfide) groups is 1. The third kappa shape index (κ3) is 3.79. The third-order valence-electron chi connectivity index (χ3n) is 3.64. The molecule has 0 saturated carbocycles. The first-order valence-corrected chi connectivity index (χ1v) is 8.83. The number of ketones is 1. The lowest BCUT2D eigenvalue weighted by atomic mass is 10.1. The standard InChI is InChI=1S/C17H17Cl2NO3S/c1-8-14(17(22)23-4)9(2)20-15(8)16(21)10(3)24-13-7-11(18)5-6-12(13)19/h5-7,10,20H,1-4H3/t10-/m0/s1. The van der Waals surface area contributed by atoms with Crippen LogP contribution in [-0.2, 0) is 4.74 Å². The van der Waals surface area contributed by atoms with Crippen LogP contribution >= 0.6 is 35.0 Å². The summed E-state index contributed by atoms with van der Waals surface area (Å²) in [6.45, 7) is 5.26. The lowest BCUT2D eigenvalue weighted by Gasteiger charge is -2.11. The Morgan fingerprint density at radius 3 is 2.54 bits per heavy atom. The minimum Gasteiger partial charge on any atom is -0.465 e. The van der Waals surface area contributed by atoms with Crippen molar-refractivity contribution in [1.29, 1.82) is 0 Å². The van der Waals surface area contributed by atoms with Crippen molar-refractivity contribution in [1.82, 2.24) is 4.98 Å². The first-order chi connectivity index (χ1) is 11.3. The van der Waals surface area contributed by atoms with Crippen LogP contribution in [0.3, 0.4) is 0 Å². The van der Waals surface area contributed by atoms with Crippen LogP contribution in [0.5, 0.6) is 0 Å². The van der Waals surface area contributed by atoms with Gasteiger partial charge in [0.15, 0.2) is 5.78 Å². The number of methoxy groups -OCH3 is 1. The van der Waals surface area contributed by atoms with Crippen molar-refractivity contribution in [3.63, 3.8) is 0 Å². The second kappa shape index (κ2) is 7.64. The maximum absolute atomic E-state index is 12.8. The molecule has 0 aliphatic rings. The molecule has 0 bridgehead atoms. The number of hydrogen-bond donors (Lipinski definition) is 1. The lowest BCUT2D eigenvalue weighted by molar-refractivity contribution is 0.0599. The van der Waals surface area contributed by atoms with Gasteiger partial charge in [-0.15, -0.1) is 11.8 Å². The van der Waals surface area contributed by atoms with Gasteiger partial charge < -0.3 is 9.72 Å². The molecule has 0 aliphatic heterocycles. The van der Waals surface area contributed by atoms with Crippen LogP contribution in [0.25, 0.3) is 0 Å². The number of halogens is 2. The summed E-state index contributed by atoms with van der Waals surface area (Å²) in [7, 11) is 1.31. The van der Waals surface area contributed by atoms with E-state index in [4.69, 9.17) is 27.9 Å². The molecule has 1 N–H and O–H groups in total. The predicted molar refractivity (Wildman–Crippen MR) is 97.7 cm³/mol. The van der Waals surface area contributed by atoms with Crippen LogP contribution in [-0.4, -0.2) is 29.1 Å². The quantitative estimate of drug-likeness (QED) is 0.442. The molecule has 0 unspecified atom stereocenters. The molecule has 0 spiro atoms. The summed E-state index contributed by atoms with van der Waals surface area (Å²) in [5.74, 6) is -0.578. The second-order valence-electron chi connectivity index (χ2n) is 5.32. The van der Waals surface area contributed by atoms with Crippen LogP contribution < -0.4 is 0 Å². The molecule has 2 aromatic rings. The Morgan fingerprint density at radius 2 is 1.92 bits per heavy atom. The van der Waals surface area contributed by atoms with E-state index in [2.05, 4.69) is 4.98 Å². The molecular formula is C17H17Cl2NO3S. The van der Waals surface area contributed by atoms with Gasteiger partial charge in [0.1, 0.15) is 0 Å².